The van der Waals surface area contributed by atoms with Gasteiger partial charge in [-0.25, -0.2) is 0 Å². The van der Waals surface area contributed by atoms with Gasteiger partial charge in [-0.15, -0.1) is 11.3 Å². The number of benzene rings is 1. The van der Waals surface area contributed by atoms with Gasteiger partial charge in [-0.3, -0.25) is 0 Å². The summed E-state index contributed by atoms with van der Waals surface area (Å²) in [6.07, 6.45) is 7.33. The van der Waals surface area contributed by atoms with Crippen molar-refractivity contribution in [3.63, 3.8) is 0 Å². The molecule has 0 amide bonds. The topological polar surface area (TPSA) is 59.5 Å². The van der Waals surface area contributed by atoms with Crippen molar-refractivity contribution < 1.29 is 9.47 Å². The third-order valence-corrected chi connectivity index (χ3v) is 9.38. The Morgan fingerprint density at radius 3 is 2.59 bits per heavy atom. The number of nitrogens with one attached hydrogen (secondary N) is 1. The largest absolute Gasteiger partial charge is 0.460 e. The first-order chi connectivity index (χ1) is 16.8. The highest BCUT2D eigenvalue weighted by molar-refractivity contribution is 7.17. The molecule has 5 unspecified atom stereocenters. The Bertz CT molecular complexity index is 1170. The van der Waals surface area contributed by atoms with Crippen molar-refractivity contribution >= 4 is 27.4 Å². The van der Waals surface area contributed by atoms with Gasteiger partial charge < -0.3 is 19.7 Å². The number of hydrogen-bond acceptors (Lipinski definition) is 7. The van der Waals surface area contributed by atoms with Crippen LogP contribution in [0.25, 0.3) is 21.3 Å². The highest BCUT2D eigenvalue weighted by Gasteiger charge is 2.44. The fourth-order valence-corrected chi connectivity index (χ4v) is 7.98. The summed E-state index contributed by atoms with van der Waals surface area (Å²) in [5.74, 6) is 2.31. The number of piperidine rings is 2. The molecular weight excluding hydrogens is 444 g/mol. The molecule has 1 N–H and O–H groups in total. The number of anilines is 1. The lowest BCUT2D eigenvalue weighted by atomic mass is 9.91. The molecule has 4 bridgehead atoms. The van der Waals surface area contributed by atoms with Gasteiger partial charge in [-0.1, -0.05) is 30.3 Å². The molecule has 4 aliphatic rings. The zero-order valence-corrected chi connectivity index (χ0v) is 20.5. The maximum Gasteiger partial charge on any atom is 0.320 e. The minimum absolute atomic E-state index is 0.231. The quantitative estimate of drug-likeness (QED) is 0.547. The third-order valence-electron chi connectivity index (χ3n) is 8.51. The van der Waals surface area contributed by atoms with Gasteiger partial charge in [0.25, 0.3) is 0 Å². The molecule has 0 radical (unpaired) electrons. The summed E-state index contributed by atoms with van der Waals surface area (Å²) in [7, 11) is 1.83. The second kappa shape index (κ2) is 8.47. The molecule has 6 nitrogen and oxygen atoms in total. The van der Waals surface area contributed by atoms with Crippen molar-refractivity contribution in [1.29, 1.82) is 0 Å². The molecule has 3 aliphatic heterocycles. The lowest BCUT2D eigenvalue weighted by Gasteiger charge is -2.40. The van der Waals surface area contributed by atoms with Crippen molar-refractivity contribution in [3.8, 4) is 17.1 Å². The Kier molecular flexibility index (Phi) is 5.25. The summed E-state index contributed by atoms with van der Waals surface area (Å²) in [5.41, 5.74) is 2.47. The first-order valence-electron chi connectivity index (χ1n) is 12.8. The van der Waals surface area contributed by atoms with Gasteiger partial charge in [0, 0.05) is 61.7 Å². The molecule has 7 rings (SSSR count). The molecule has 5 heterocycles. The van der Waals surface area contributed by atoms with Crippen molar-refractivity contribution in [2.75, 3.05) is 25.2 Å². The summed E-state index contributed by atoms with van der Waals surface area (Å²) >= 11 is 1.72. The molecule has 0 spiro atoms. The molecule has 178 valence electrons. The Morgan fingerprint density at radius 2 is 1.88 bits per heavy atom. The second-order valence-electron chi connectivity index (χ2n) is 10.6. The van der Waals surface area contributed by atoms with Crippen LogP contribution in [0.1, 0.15) is 38.5 Å². The fourth-order valence-electron chi connectivity index (χ4n) is 7.05. The van der Waals surface area contributed by atoms with Crippen molar-refractivity contribution in [3.05, 3.63) is 35.7 Å². The molecule has 1 saturated carbocycles. The second-order valence-corrected chi connectivity index (χ2v) is 11.5. The van der Waals surface area contributed by atoms with Crippen molar-refractivity contribution in [2.24, 2.45) is 11.8 Å². The molecule has 3 aromatic rings. The molecule has 5 atom stereocenters. The zero-order chi connectivity index (χ0) is 22.6. The van der Waals surface area contributed by atoms with E-state index in [1.807, 2.05) is 7.11 Å². The van der Waals surface area contributed by atoms with Crippen LogP contribution in [-0.4, -0.2) is 54.5 Å². The van der Waals surface area contributed by atoms with Crippen LogP contribution < -0.4 is 15.0 Å². The molecule has 34 heavy (non-hydrogen) atoms. The maximum atomic E-state index is 6.51. The number of nitrogens with zero attached hydrogens (tertiary/aromatic N) is 3. The highest BCUT2D eigenvalue weighted by atomic mass is 32.1. The third kappa shape index (κ3) is 3.51. The average Bonchev–Trinajstić information content (AvgIpc) is 3.63. The van der Waals surface area contributed by atoms with Crippen LogP contribution in [0.3, 0.4) is 0 Å². The van der Waals surface area contributed by atoms with E-state index < -0.39 is 0 Å². The van der Waals surface area contributed by atoms with Crippen molar-refractivity contribution in [2.45, 2.75) is 62.8 Å². The molecule has 1 aromatic carbocycles. The number of methoxy groups -OCH3 is 1. The maximum absolute atomic E-state index is 6.51. The van der Waals surface area contributed by atoms with E-state index in [9.17, 15) is 0 Å². The highest BCUT2D eigenvalue weighted by Crippen LogP contribution is 2.47. The van der Waals surface area contributed by atoms with E-state index in [-0.39, 0.29) is 6.10 Å². The first kappa shape index (κ1) is 21.1. The van der Waals surface area contributed by atoms with Crippen LogP contribution in [0.15, 0.2) is 35.7 Å². The van der Waals surface area contributed by atoms with Gasteiger partial charge in [0.15, 0.2) is 0 Å². The molecule has 3 saturated heterocycles. The summed E-state index contributed by atoms with van der Waals surface area (Å²) < 4.78 is 12.0. The monoisotopic (exact) mass is 476 g/mol. The normalized spacial score (nSPS) is 32.1. The number of rotatable bonds is 6. The molecule has 2 aromatic heterocycles. The minimum Gasteiger partial charge on any atom is -0.460 e. The van der Waals surface area contributed by atoms with E-state index in [1.165, 1.54) is 48.6 Å². The minimum atomic E-state index is 0.231. The molecule has 1 aliphatic carbocycles. The van der Waals surface area contributed by atoms with Gasteiger partial charge in [-0.05, 0) is 43.6 Å². The summed E-state index contributed by atoms with van der Waals surface area (Å²) in [5, 5.41) is 7.03. The van der Waals surface area contributed by atoms with Crippen LogP contribution in [0.5, 0.6) is 6.01 Å². The average molecular weight is 477 g/mol. The van der Waals surface area contributed by atoms with Crippen LogP contribution in [-0.2, 0) is 4.74 Å². The van der Waals surface area contributed by atoms with Crippen LogP contribution in [0, 0.1) is 11.8 Å². The van der Waals surface area contributed by atoms with E-state index in [4.69, 9.17) is 19.4 Å². The van der Waals surface area contributed by atoms with Crippen LogP contribution in [0.4, 0.5) is 5.82 Å². The van der Waals surface area contributed by atoms with Crippen LogP contribution >= 0.6 is 11.3 Å². The summed E-state index contributed by atoms with van der Waals surface area (Å²) in [6.45, 7) is 1.92. The summed E-state index contributed by atoms with van der Waals surface area (Å²) in [6, 6.07) is 12.9. The Balaban J connectivity index is 1.31. The SMILES string of the molecule is COCC1CC2CCC(C1)N2c1nc(OC2CC3CC2CN3)nc2scc(-c3ccccc3)c12. The lowest BCUT2D eigenvalue weighted by Crippen LogP contribution is -2.44. The van der Waals surface area contributed by atoms with E-state index in [0.717, 1.165) is 30.2 Å². The number of aromatic nitrogens is 2. The first-order valence-corrected chi connectivity index (χ1v) is 13.7. The van der Waals surface area contributed by atoms with Crippen molar-refractivity contribution in [1.82, 2.24) is 15.3 Å². The van der Waals surface area contributed by atoms with E-state index in [0.29, 0.717) is 36.0 Å². The van der Waals surface area contributed by atoms with Crippen LogP contribution in [0.2, 0.25) is 0 Å². The van der Waals surface area contributed by atoms with Gasteiger partial charge in [0.05, 0.1) is 5.39 Å². The predicted octanol–water partition coefficient (Wildman–Crippen LogP) is 4.88. The van der Waals surface area contributed by atoms with Gasteiger partial charge in [-0.2, -0.15) is 9.97 Å². The smallest absolute Gasteiger partial charge is 0.320 e. The fraction of sp³-hybridized carbons (Fsp3) is 0.556. The predicted molar refractivity (Wildman–Crippen MR) is 136 cm³/mol. The lowest BCUT2D eigenvalue weighted by molar-refractivity contribution is 0.128. The number of hydrogen-bond donors (Lipinski definition) is 1. The van der Waals surface area contributed by atoms with Gasteiger partial charge >= 0.3 is 6.01 Å². The van der Waals surface area contributed by atoms with E-state index in [2.05, 4.69) is 45.9 Å². The molecule has 7 heteroatoms. The summed E-state index contributed by atoms with van der Waals surface area (Å²) in [4.78, 5) is 13.8. The van der Waals surface area contributed by atoms with Gasteiger partial charge in [0.1, 0.15) is 16.8 Å². The molecular formula is C27H32N4O2S. The Morgan fingerprint density at radius 1 is 1.06 bits per heavy atom. The number of fused-ring (bicyclic) bond motifs is 5. The standard InChI is InChI=1S/C27H32N4O2S/c1-32-14-16-9-20-7-8-21(10-16)31(20)25-24-22(17-5-3-2-4-6-17)15-34-26(24)30-27(29-25)33-23-12-19-11-18(23)13-28-19/h2-6,15-16,18-21,23,28H,7-14H2,1H3. The van der Waals surface area contributed by atoms with Gasteiger partial charge in [0.2, 0.25) is 0 Å². The Labute approximate surface area is 204 Å². The molecule has 4 fully saturated rings. The van der Waals surface area contributed by atoms with E-state index >= 15 is 0 Å². The Hall–Kier alpha value is -2.22. The van der Waals surface area contributed by atoms with E-state index in [1.54, 1.807) is 11.3 Å². The number of ether oxygens (including phenoxy) is 2. The zero-order valence-electron chi connectivity index (χ0n) is 19.7. The number of thiophene rings is 1.